The van der Waals surface area contributed by atoms with E-state index in [9.17, 15) is 14.4 Å². The van der Waals surface area contributed by atoms with Gasteiger partial charge in [-0.1, -0.05) is 54.8 Å². The van der Waals surface area contributed by atoms with Crippen LogP contribution < -0.4 is 31.9 Å². The molecule has 220 valence electrons. The van der Waals surface area contributed by atoms with Gasteiger partial charge in [-0.2, -0.15) is 5.21 Å². The summed E-state index contributed by atoms with van der Waals surface area (Å²) in [6, 6.07) is 17.9. The highest BCUT2D eigenvalue weighted by atomic mass is 32.1. The molecule has 1 amide bonds. The van der Waals surface area contributed by atoms with E-state index in [0.717, 1.165) is 55.7 Å². The smallest absolute Gasteiger partial charge is 0.272 e. The lowest BCUT2D eigenvalue weighted by Crippen LogP contribution is -2.46. The van der Waals surface area contributed by atoms with Crippen molar-refractivity contribution in [1.82, 2.24) is 30.6 Å². The number of tetrazole rings is 1. The van der Waals surface area contributed by atoms with Crippen molar-refractivity contribution in [3.63, 3.8) is 0 Å². The Morgan fingerprint density at radius 1 is 0.837 bits per heavy atom. The zero-order chi connectivity index (χ0) is 29.9. The molecule has 0 aliphatic carbocycles. The van der Waals surface area contributed by atoms with Crippen LogP contribution >= 0.6 is 11.3 Å². The summed E-state index contributed by atoms with van der Waals surface area (Å²) >= 11 is 1.36. The van der Waals surface area contributed by atoms with Gasteiger partial charge in [-0.25, -0.2) is 0 Å². The summed E-state index contributed by atoms with van der Waals surface area (Å²) < 4.78 is 5.84. The van der Waals surface area contributed by atoms with Gasteiger partial charge in [-0.05, 0) is 71.8 Å². The van der Waals surface area contributed by atoms with Gasteiger partial charge in [-0.3, -0.25) is 14.4 Å². The van der Waals surface area contributed by atoms with Gasteiger partial charge in [0.15, 0.2) is 5.82 Å². The predicted molar refractivity (Wildman–Crippen MR) is 166 cm³/mol. The lowest BCUT2D eigenvalue weighted by Gasteiger charge is -2.06. The largest absolute Gasteiger partial charge is 0.494 e. The summed E-state index contributed by atoms with van der Waals surface area (Å²) in [7, 11) is 0. The zero-order valence-electron chi connectivity index (χ0n) is 23.3. The van der Waals surface area contributed by atoms with E-state index in [4.69, 9.17) is 4.74 Å². The summed E-state index contributed by atoms with van der Waals surface area (Å²) in [5.41, 5.74) is 1.25. The highest BCUT2D eigenvalue weighted by Gasteiger charge is 2.06. The van der Waals surface area contributed by atoms with E-state index in [-0.39, 0.29) is 16.6 Å². The number of nitrogens with one attached hydrogen (secondary N) is 4. The Kier molecular flexibility index (Phi) is 10.0. The standard InChI is InChI=1S/C31H31N7O4S/c39-29-25(19-21-9-13-23(14-10-21)32-31(41)27-7-6-18-43-27)33-30(40)26(34-29)20-22-11-15-24(16-12-22)42-17-5-3-1-2-4-8-28-35-37-38-36-28/h6-7,9-16,18-20H,1-5,8,17H2,(H,32,41)(H,33,40)(H,34,39)(H,35,36,37,38)/b25-19-,26-20-. The number of hydrogen-bond acceptors (Lipinski definition) is 8. The number of rotatable bonds is 13. The molecule has 43 heavy (non-hydrogen) atoms. The Morgan fingerprint density at radius 3 is 2.12 bits per heavy atom. The topological polar surface area (TPSA) is 159 Å². The number of benzene rings is 2. The molecule has 5 aromatic rings. The third-order valence-electron chi connectivity index (χ3n) is 6.60. The number of amides is 1. The van der Waals surface area contributed by atoms with Crippen molar-refractivity contribution in [1.29, 1.82) is 0 Å². The first-order valence-corrected chi connectivity index (χ1v) is 14.9. The number of anilines is 1. The summed E-state index contributed by atoms with van der Waals surface area (Å²) in [6.45, 7) is 0.630. The molecular weight excluding hydrogens is 566 g/mol. The minimum atomic E-state index is -0.421. The third kappa shape index (κ3) is 8.69. The summed E-state index contributed by atoms with van der Waals surface area (Å²) in [5.74, 6) is 1.32. The fourth-order valence-corrected chi connectivity index (χ4v) is 4.97. The van der Waals surface area contributed by atoms with Crippen molar-refractivity contribution < 1.29 is 9.53 Å². The lowest BCUT2D eigenvalue weighted by atomic mass is 10.1. The van der Waals surface area contributed by atoms with E-state index < -0.39 is 11.1 Å². The van der Waals surface area contributed by atoms with Crippen LogP contribution in [0, 0.1) is 0 Å². The van der Waals surface area contributed by atoms with Gasteiger partial charge in [0.25, 0.3) is 17.0 Å². The van der Waals surface area contributed by atoms with E-state index in [2.05, 4.69) is 35.9 Å². The Morgan fingerprint density at radius 2 is 1.49 bits per heavy atom. The minimum Gasteiger partial charge on any atom is -0.494 e. The van der Waals surface area contributed by atoms with Crippen LogP contribution in [0.1, 0.15) is 58.7 Å². The number of nitrogens with zero attached hydrogens (tertiary/aromatic N) is 3. The van der Waals surface area contributed by atoms with Crippen molar-refractivity contribution in [2.24, 2.45) is 0 Å². The molecule has 3 heterocycles. The normalized spacial score (nSPS) is 12.0. The molecule has 2 aromatic carbocycles. The molecule has 0 radical (unpaired) electrons. The number of ether oxygens (including phenoxy) is 1. The van der Waals surface area contributed by atoms with E-state index in [1.54, 1.807) is 42.5 Å². The SMILES string of the molecule is O=C(Nc1ccc(/C=c2\[nH]c(=O)/c(=C/c3ccc(OCCCCCCCc4nn[nH]n4)cc3)[nH]c2=O)cc1)c1cccs1. The second kappa shape index (κ2) is 14.7. The second-order valence-electron chi connectivity index (χ2n) is 9.84. The molecule has 0 saturated heterocycles. The number of H-pyrrole nitrogens is 3. The molecule has 0 unspecified atom stereocenters. The van der Waals surface area contributed by atoms with Crippen molar-refractivity contribution in [2.45, 2.75) is 38.5 Å². The average Bonchev–Trinajstić information content (AvgIpc) is 3.74. The fourth-order valence-electron chi connectivity index (χ4n) is 4.35. The monoisotopic (exact) mass is 597 g/mol. The first-order valence-electron chi connectivity index (χ1n) is 14.0. The third-order valence-corrected chi connectivity index (χ3v) is 7.47. The molecule has 4 N–H and O–H groups in total. The molecule has 5 rings (SSSR count). The maximum atomic E-state index is 12.7. The number of aromatic nitrogens is 6. The Labute approximate surface area is 250 Å². The molecule has 0 aliphatic rings. The van der Waals surface area contributed by atoms with Gasteiger partial charge in [0.2, 0.25) is 0 Å². The van der Waals surface area contributed by atoms with Crippen LogP contribution in [0.15, 0.2) is 75.6 Å². The van der Waals surface area contributed by atoms with Gasteiger partial charge >= 0.3 is 0 Å². The number of aryl methyl sites for hydroxylation is 1. The van der Waals surface area contributed by atoms with Crippen molar-refractivity contribution in [3.05, 3.63) is 119 Å². The van der Waals surface area contributed by atoms with Gasteiger partial charge in [0, 0.05) is 12.1 Å². The lowest BCUT2D eigenvalue weighted by molar-refractivity contribution is 0.103. The average molecular weight is 598 g/mol. The van der Waals surface area contributed by atoms with Gasteiger partial charge < -0.3 is 20.0 Å². The summed E-state index contributed by atoms with van der Waals surface area (Å²) in [5, 5.41) is 18.9. The number of unbranched alkanes of at least 4 members (excludes halogenated alkanes) is 4. The van der Waals surface area contributed by atoms with Crippen molar-refractivity contribution >= 4 is 35.1 Å². The quantitative estimate of drug-likeness (QED) is 0.152. The van der Waals surface area contributed by atoms with E-state index >= 15 is 0 Å². The van der Waals surface area contributed by atoms with Gasteiger partial charge in [0.05, 0.1) is 11.5 Å². The highest BCUT2D eigenvalue weighted by Crippen LogP contribution is 2.15. The van der Waals surface area contributed by atoms with Crippen LogP contribution in [0.4, 0.5) is 5.69 Å². The first-order chi connectivity index (χ1) is 21.0. The molecular formula is C31H31N7O4S. The summed E-state index contributed by atoms with van der Waals surface area (Å²) in [6.07, 6.45) is 9.37. The Bertz CT molecular complexity index is 1850. The molecule has 0 aliphatic heterocycles. The second-order valence-corrected chi connectivity index (χ2v) is 10.8. The maximum Gasteiger partial charge on any atom is 0.272 e. The molecule has 0 saturated carbocycles. The van der Waals surface area contributed by atoms with Crippen LogP contribution in [0.5, 0.6) is 5.75 Å². The van der Waals surface area contributed by atoms with E-state index in [1.807, 2.05) is 35.7 Å². The zero-order valence-corrected chi connectivity index (χ0v) is 24.2. The molecule has 12 heteroatoms. The van der Waals surface area contributed by atoms with Crippen LogP contribution in [0.2, 0.25) is 0 Å². The van der Waals surface area contributed by atoms with E-state index in [1.165, 1.54) is 11.3 Å². The highest BCUT2D eigenvalue weighted by molar-refractivity contribution is 7.12. The number of carbonyl (C=O) groups excluding carboxylic acids is 1. The summed E-state index contributed by atoms with van der Waals surface area (Å²) in [4.78, 5) is 43.6. The fraction of sp³-hybridized carbons (Fsp3) is 0.226. The van der Waals surface area contributed by atoms with Crippen molar-refractivity contribution in [3.8, 4) is 5.75 Å². The number of thiophene rings is 1. The van der Waals surface area contributed by atoms with Gasteiger partial charge in [0.1, 0.15) is 16.4 Å². The molecule has 0 bridgehead atoms. The molecule has 0 fully saturated rings. The molecule has 0 atom stereocenters. The molecule has 0 spiro atoms. The molecule has 11 nitrogen and oxygen atoms in total. The Balaban J connectivity index is 1.12. The van der Waals surface area contributed by atoms with Crippen molar-refractivity contribution in [2.75, 3.05) is 11.9 Å². The maximum absolute atomic E-state index is 12.7. The number of carbonyl (C=O) groups is 1. The number of aromatic amines is 3. The van der Waals surface area contributed by atoms with E-state index in [0.29, 0.717) is 22.7 Å². The van der Waals surface area contributed by atoms with Crippen LogP contribution in [0.25, 0.3) is 12.2 Å². The van der Waals surface area contributed by atoms with Crippen LogP contribution in [0.3, 0.4) is 0 Å². The number of hydrogen-bond donors (Lipinski definition) is 4. The minimum absolute atomic E-state index is 0.133. The predicted octanol–water partition coefficient (Wildman–Crippen LogP) is 3.12. The first kappa shape index (κ1) is 29.4. The van der Waals surface area contributed by atoms with Crippen LogP contribution in [-0.2, 0) is 6.42 Å². The van der Waals surface area contributed by atoms with Gasteiger partial charge in [-0.15, -0.1) is 21.5 Å². The Hall–Kier alpha value is -5.10. The molecule has 3 aromatic heterocycles. The van der Waals surface area contributed by atoms with Crippen LogP contribution in [-0.4, -0.2) is 43.1 Å².